The molecule has 10 nitrogen and oxygen atoms in total. The van der Waals surface area contributed by atoms with Gasteiger partial charge in [-0.05, 0) is 97.6 Å². The predicted molar refractivity (Wildman–Crippen MR) is 191 cm³/mol. The number of aromatic hydroxyl groups is 1. The van der Waals surface area contributed by atoms with Gasteiger partial charge in [0.2, 0.25) is 0 Å². The summed E-state index contributed by atoms with van der Waals surface area (Å²) in [7, 11) is 0. The third-order valence-electron chi connectivity index (χ3n) is 11.0. The third kappa shape index (κ3) is 6.31. The number of phenols is 1. The van der Waals surface area contributed by atoms with Crippen LogP contribution in [0.15, 0.2) is 36.5 Å². The number of rotatable bonds is 9. The fourth-order valence-electron chi connectivity index (χ4n) is 8.12. The Morgan fingerprint density at radius 3 is 2.69 bits per heavy atom. The first-order chi connectivity index (χ1) is 24.8. The van der Waals surface area contributed by atoms with Crippen molar-refractivity contribution >= 4 is 33.0 Å². The number of nitriles is 1. The van der Waals surface area contributed by atoms with Gasteiger partial charge >= 0.3 is 6.01 Å². The van der Waals surface area contributed by atoms with E-state index in [2.05, 4.69) is 27.9 Å². The van der Waals surface area contributed by atoms with Crippen molar-refractivity contribution in [2.75, 3.05) is 57.4 Å². The quantitative estimate of drug-likeness (QED) is 0.176. The number of phenolic OH excluding ortho intramolecular Hbond substituents is 1. The Hall–Kier alpha value is -4.60. The topological polar surface area (TPSA) is 112 Å². The first kappa shape index (κ1) is 33.5. The number of hydrogen-bond acceptors (Lipinski definition) is 9. The molecule has 1 unspecified atom stereocenters. The molecule has 0 amide bonds. The fourth-order valence-corrected chi connectivity index (χ4v) is 8.12. The Kier molecular flexibility index (Phi) is 8.88. The first-order valence-corrected chi connectivity index (χ1v) is 18.1. The van der Waals surface area contributed by atoms with Crippen LogP contribution in [-0.2, 0) is 11.2 Å². The molecule has 1 atom stereocenters. The molecule has 0 radical (unpaired) electrons. The van der Waals surface area contributed by atoms with Crippen LogP contribution in [0.1, 0.15) is 51.5 Å². The molecule has 1 saturated carbocycles. The maximum atomic E-state index is 17.5. The summed E-state index contributed by atoms with van der Waals surface area (Å²) in [5.41, 5.74) is 1.47. The van der Waals surface area contributed by atoms with E-state index in [4.69, 9.17) is 24.7 Å². The predicted octanol–water partition coefficient (Wildman–Crippen LogP) is 6.90. The molecule has 8 rings (SSSR count). The van der Waals surface area contributed by atoms with Crippen LogP contribution in [-0.4, -0.2) is 82.1 Å². The largest absolute Gasteiger partial charge is 0.508 e. The number of hydrogen-bond donors (Lipinski definition) is 1. The van der Waals surface area contributed by atoms with Crippen molar-refractivity contribution in [2.24, 2.45) is 17.3 Å². The van der Waals surface area contributed by atoms with Crippen molar-refractivity contribution in [3.8, 4) is 29.1 Å². The van der Waals surface area contributed by atoms with Crippen LogP contribution in [0.3, 0.4) is 0 Å². The van der Waals surface area contributed by atoms with Crippen molar-refractivity contribution in [3.05, 3.63) is 53.7 Å². The van der Waals surface area contributed by atoms with Crippen molar-refractivity contribution in [1.29, 1.82) is 5.26 Å². The van der Waals surface area contributed by atoms with Crippen molar-refractivity contribution in [3.63, 3.8) is 0 Å². The summed E-state index contributed by atoms with van der Waals surface area (Å²) in [6.07, 6.45) is 6.72. The zero-order valence-corrected chi connectivity index (χ0v) is 29.2. The molecule has 0 spiro atoms. The molecule has 3 aromatic heterocycles. The lowest BCUT2D eigenvalue weighted by molar-refractivity contribution is 0.122. The van der Waals surface area contributed by atoms with Crippen LogP contribution in [0, 0.1) is 40.2 Å². The van der Waals surface area contributed by atoms with Gasteiger partial charge in [-0.2, -0.15) is 20.3 Å². The van der Waals surface area contributed by atoms with Crippen LogP contribution < -0.4 is 9.64 Å². The summed E-state index contributed by atoms with van der Waals surface area (Å²) in [6.45, 7) is 9.55. The molecule has 2 aliphatic heterocycles. The number of likely N-dealkylation sites (tertiary alicyclic amines) is 1. The van der Waals surface area contributed by atoms with Gasteiger partial charge in [-0.1, -0.05) is 19.9 Å². The number of benzene rings is 2. The monoisotopic (exact) mass is 695 g/mol. The molecular weight excluding hydrogens is 652 g/mol. The van der Waals surface area contributed by atoms with E-state index in [0.29, 0.717) is 90.3 Å². The highest BCUT2D eigenvalue weighted by Crippen LogP contribution is 2.47. The summed E-state index contributed by atoms with van der Waals surface area (Å²) in [6, 6.07) is 10.2. The van der Waals surface area contributed by atoms with E-state index >= 15 is 8.78 Å². The number of aromatic nitrogens is 4. The van der Waals surface area contributed by atoms with E-state index in [0.717, 1.165) is 45.3 Å². The molecule has 5 heterocycles. The number of pyridine rings is 1. The zero-order valence-electron chi connectivity index (χ0n) is 29.2. The molecule has 2 aromatic carbocycles. The van der Waals surface area contributed by atoms with Gasteiger partial charge in [0.1, 0.15) is 28.6 Å². The van der Waals surface area contributed by atoms with Crippen LogP contribution in [0.4, 0.5) is 14.6 Å². The maximum Gasteiger partial charge on any atom is 0.319 e. The summed E-state index contributed by atoms with van der Waals surface area (Å²) >= 11 is 0. The molecule has 1 aliphatic carbocycles. The molecular formula is C39H43F2N7O3. The van der Waals surface area contributed by atoms with Gasteiger partial charge in [0, 0.05) is 37.0 Å². The van der Waals surface area contributed by atoms with E-state index in [1.165, 1.54) is 16.6 Å². The lowest BCUT2D eigenvalue weighted by Gasteiger charge is -2.33. The highest BCUT2D eigenvalue weighted by molar-refractivity contribution is 6.07. The Balaban J connectivity index is 1.24. The number of piperidine rings is 1. The molecule has 266 valence electrons. The third-order valence-corrected chi connectivity index (χ3v) is 11.0. The standard InChI is InChI=1S/C39H43F2N7O3/c1-3-28-30(40)5-4-26-18-27(49)19-29(32(26)28)36-34(41)35-33(31-7-13-43-48(31)36)37(47-16-17-50-21-24(2)20-47)45-38(44-35)51-23-39(10-11-39)22-46-14-8-25(6-12-42)9-15-46/h4-5,7,13,18-19,24-25,49H,3,6,8-11,14-17,20-23H2,1-2H3. The zero-order chi connectivity index (χ0) is 35.3. The van der Waals surface area contributed by atoms with E-state index in [1.807, 2.05) is 13.0 Å². The van der Waals surface area contributed by atoms with Crippen LogP contribution in [0.2, 0.25) is 0 Å². The van der Waals surface area contributed by atoms with E-state index in [1.54, 1.807) is 18.3 Å². The minimum atomic E-state index is -0.659. The number of ether oxygens (including phenoxy) is 2. The highest BCUT2D eigenvalue weighted by atomic mass is 19.1. The summed E-state index contributed by atoms with van der Waals surface area (Å²) in [5.74, 6) is 0.109. The first-order valence-electron chi connectivity index (χ1n) is 18.1. The van der Waals surface area contributed by atoms with Gasteiger partial charge in [-0.15, -0.1) is 0 Å². The Bertz CT molecular complexity index is 2150. The van der Waals surface area contributed by atoms with Gasteiger partial charge in [-0.3, -0.25) is 0 Å². The molecule has 5 aromatic rings. The van der Waals surface area contributed by atoms with E-state index in [9.17, 15) is 5.11 Å². The molecule has 12 heteroatoms. The van der Waals surface area contributed by atoms with E-state index in [-0.39, 0.29) is 34.3 Å². The van der Waals surface area contributed by atoms with Crippen molar-refractivity contribution < 1.29 is 23.4 Å². The van der Waals surface area contributed by atoms with Gasteiger partial charge in [0.05, 0.1) is 43.0 Å². The Morgan fingerprint density at radius 2 is 1.92 bits per heavy atom. The minimum Gasteiger partial charge on any atom is -0.508 e. The van der Waals surface area contributed by atoms with Crippen LogP contribution >= 0.6 is 0 Å². The summed E-state index contributed by atoms with van der Waals surface area (Å²) in [5, 5.41) is 26.1. The number of anilines is 1. The smallest absolute Gasteiger partial charge is 0.319 e. The normalized spacial score (nSPS) is 19.8. The second-order valence-corrected chi connectivity index (χ2v) is 14.8. The summed E-state index contributed by atoms with van der Waals surface area (Å²) < 4.78 is 46.5. The molecule has 3 aliphatic rings. The molecule has 0 bridgehead atoms. The van der Waals surface area contributed by atoms with Crippen LogP contribution in [0.5, 0.6) is 11.8 Å². The fraction of sp³-hybridized carbons (Fsp3) is 0.487. The van der Waals surface area contributed by atoms with Crippen molar-refractivity contribution in [1.82, 2.24) is 24.5 Å². The lowest BCUT2D eigenvalue weighted by atomic mass is 9.93. The average Bonchev–Trinajstić information content (AvgIpc) is 3.79. The Morgan fingerprint density at radius 1 is 1.10 bits per heavy atom. The Labute approximate surface area is 295 Å². The number of nitrogens with zero attached hydrogens (tertiary/aromatic N) is 7. The summed E-state index contributed by atoms with van der Waals surface area (Å²) in [4.78, 5) is 14.3. The molecule has 3 fully saturated rings. The maximum absolute atomic E-state index is 17.5. The number of fused-ring (bicyclic) bond motifs is 4. The SMILES string of the molecule is CCc1c(F)ccc2cc(O)cc(-c3c(F)c4nc(OCC5(CN6CCC(CC#N)CC6)CC5)nc(N5CCOCC(C)C5)c4c4ccnn34)c12. The van der Waals surface area contributed by atoms with Gasteiger partial charge in [-0.25, -0.2) is 13.3 Å². The van der Waals surface area contributed by atoms with Crippen LogP contribution in [0.25, 0.3) is 38.4 Å². The lowest BCUT2D eigenvalue weighted by Crippen LogP contribution is -2.39. The molecule has 2 saturated heterocycles. The number of aryl methyl sites for hydroxylation is 1. The molecule has 1 N–H and O–H groups in total. The highest BCUT2D eigenvalue weighted by Gasteiger charge is 2.45. The van der Waals surface area contributed by atoms with Gasteiger partial charge in [0.15, 0.2) is 5.82 Å². The van der Waals surface area contributed by atoms with E-state index < -0.39 is 11.6 Å². The van der Waals surface area contributed by atoms with Gasteiger partial charge < -0.3 is 24.4 Å². The van der Waals surface area contributed by atoms with Gasteiger partial charge in [0.25, 0.3) is 0 Å². The van der Waals surface area contributed by atoms with Crippen molar-refractivity contribution in [2.45, 2.75) is 52.4 Å². The minimum absolute atomic E-state index is 0.0221. The second kappa shape index (κ2) is 13.5. The second-order valence-electron chi connectivity index (χ2n) is 14.8. The molecule has 51 heavy (non-hydrogen) atoms. The average molecular weight is 696 g/mol. The number of halogens is 2.